The van der Waals surface area contributed by atoms with E-state index in [0.29, 0.717) is 21.2 Å². The van der Waals surface area contributed by atoms with E-state index in [4.69, 9.17) is 23.2 Å². The molecule has 2 aromatic rings. The standard InChI is InChI=1S/C12H8Cl2O2/c13-7-1-3-9(11(15)5-7)10-4-2-8(14)6-12(10)16/h1-6,15-16H. The summed E-state index contributed by atoms with van der Waals surface area (Å²) in [5.41, 5.74) is 1.03. The minimum Gasteiger partial charge on any atom is -0.507 e. The largest absolute Gasteiger partial charge is 0.507 e. The summed E-state index contributed by atoms with van der Waals surface area (Å²) < 4.78 is 0. The van der Waals surface area contributed by atoms with Crippen LogP contribution in [0.2, 0.25) is 10.0 Å². The van der Waals surface area contributed by atoms with Crippen LogP contribution in [0.3, 0.4) is 0 Å². The molecule has 0 heterocycles. The highest BCUT2D eigenvalue weighted by Gasteiger charge is 2.09. The Kier molecular flexibility index (Phi) is 2.95. The number of benzene rings is 2. The van der Waals surface area contributed by atoms with Crippen molar-refractivity contribution >= 4 is 23.2 Å². The summed E-state index contributed by atoms with van der Waals surface area (Å²) >= 11 is 11.5. The molecule has 0 amide bonds. The number of aromatic hydroxyl groups is 2. The molecule has 2 rings (SSSR count). The Morgan fingerprint density at radius 2 is 1.06 bits per heavy atom. The Morgan fingerprint density at radius 1 is 0.688 bits per heavy atom. The maximum atomic E-state index is 9.71. The fraction of sp³-hybridized carbons (Fsp3) is 0. The quantitative estimate of drug-likeness (QED) is 0.806. The summed E-state index contributed by atoms with van der Waals surface area (Å²) in [4.78, 5) is 0. The van der Waals surface area contributed by atoms with Gasteiger partial charge in [-0.25, -0.2) is 0 Å². The third-order valence-electron chi connectivity index (χ3n) is 2.21. The maximum absolute atomic E-state index is 9.71. The minimum atomic E-state index is 0.0186. The lowest BCUT2D eigenvalue weighted by Crippen LogP contribution is -1.80. The second-order valence-corrected chi connectivity index (χ2v) is 4.20. The van der Waals surface area contributed by atoms with Crippen molar-refractivity contribution < 1.29 is 10.2 Å². The third-order valence-corrected chi connectivity index (χ3v) is 2.68. The van der Waals surface area contributed by atoms with Gasteiger partial charge in [0.2, 0.25) is 0 Å². The molecule has 82 valence electrons. The van der Waals surface area contributed by atoms with E-state index in [9.17, 15) is 10.2 Å². The lowest BCUT2D eigenvalue weighted by Gasteiger charge is -2.07. The van der Waals surface area contributed by atoms with Crippen LogP contribution in [0.5, 0.6) is 11.5 Å². The van der Waals surface area contributed by atoms with Gasteiger partial charge >= 0.3 is 0 Å². The highest BCUT2D eigenvalue weighted by atomic mass is 35.5. The van der Waals surface area contributed by atoms with Crippen LogP contribution in [0.15, 0.2) is 36.4 Å². The highest BCUT2D eigenvalue weighted by molar-refractivity contribution is 6.31. The van der Waals surface area contributed by atoms with Crippen molar-refractivity contribution in [2.75, 3.05) is 0 Å². The lowest BCUT2D eigenvalue weighted by molar-refractivity contribution is 0.469. The molecular weight excluding hydrogens is 247 g/mol. The topological polar surface area (TPSA) is 40.5 Å². The van der Waals surface area contributed by atoms with Crippen LogP contribution in [-0.2, 0) is 0 Å². The lowest BCUT2D eigenvalue weighted by atomic mass is 10.0. The van der Waals surface area contributed by atoms with Crippen molar-refractivity contribution in [3.63, 3.8) is 0 Å². The Hall–Kier alpha value is -1.38. The summed E-state index contributed by atoms with van der Waals surface area (Å²) in [6, 6.07) is 9.41. The zero-order chi connectivity index (χ0) is 11.7. The van der Waals surface area contributed by atoms with Crippen molar-refractivity contribution in [3.8, 4) is 22.6 Å². The van der Waals surface area contributed by atoms with Crippen molar-refractivity contribution in [1.82, 2.24) is 0 Å². The van der Waals surface area contributed by atoms with E-state index in [-0.39, 0.29) is 11.5 Å². The average molecular weight is 255 g/mol. The van der Waals surface area contributed by atoms with E-state index in [1.165, 1.54) is 12.1 Å². The highest BCUT2D eigenvalue weighted by Crippen LogP contribution is 2.37. The van der Waals surface area contributed by atoms with Gasteiger partial charge in [-0.2, -0.15) is 0 Å². The molecule has 0 aliphatic rings. The molecule has 2 N–H and O–H groups in total. The number of phenolic OH excluding ortho intramolecular Hbond substituents is 2. The molecule has 0 saturated carbocycles. The van der Waals surface area contributed by atoms with E-state index < -0.39 is 0 Å². The Bertz CT molecular complexity index is 489. The van der Waals surface area contributed by atoms with Gasteiger partial charge in [-0.15, -0.1) is 0 Å². The molecule has 2 aromatic carbocycles. The predicted octanol–water partition coefficient (Wildman–Crippen LogP) is 4.07. The van der Waals surface area contributed by atoms with Gasteiger partial charge in [0.15, 0.2) is 0 Å². The van der Waals surface area contributed by atoms with Gasteiger partial charge in [0, 0.05) is 21.2 Å². The van der Waals surface area contributed by atoms with Gasteiger partial charge in [-0.05, 0) is 36.4 Å². The second kappa shape index (κ2) is 4.24. The van der Waals surface area contributed by atoms with Crippen LogP contribution in [0.4, 0.5) is 0 Å². The fourth-order valence-corrected chi connectivity index (χ4v) is 1.80. The summed E-state index contributed by atoms with van der Waals surface area (Å²) in [6.07, 6.45) is 0. The van der Waals surface area contributed by atoms with Gasteiger partial charge in [0.05, 0.1) is 0 Å². The molecule has 4 heteroatoms. The van der Waals surface area contributed by atoms with E-state index in [1.54, 1.807) is 24.3 Å². The van der Waals surface area contributed by atoms with Crippen molar-refractivity contribution in [2.24, 2.45) is 0 Å². The van der Waals surface area contributed by atoms with Gasteiger partial charge in [0.1, 0.15) is 11.5 Å². The summed E-state index contributed by atoms with van der Waals surface area (Å²) in [5, 5.41) is 20.3. The third kappa shape index (κ3) is 2.08. The van der Waals surface area contributed by atoms with Crippen LogP contribution in [-0.4, -0.2) is 10.2 Å². The molecule has 16 heavy (non-hydrogen) atoms. The average Bonchev–Trinajstić information content (AvgIpc) is 2.19. The predicted molar refractivity (Wildman–Crippen MR) is 65.2 cm³/mol. The zero-order valence-corrected chi connectivity index (χ0v) is 9.63. The molecule has 0 atom stereocenters. The molecular formula is C12H8Cl2O2. The second-order valence-electron chi connectivity index (χ2n) is 3.32. The number of halogens is 2. The molecule has 0 fully saturated rings. The van der Waals surface area contributed by atoms with Crippen molar-refractivity contribution in [1.29, 1.82) is 0 Å². The first kappa shape index (κ1) is 11.1. The van der Waals surface area contributed by atoms with Crippen LogP contribution < -0.4 is 0 Å². The normalized spacial score (nSPS) is 10.4. The molecule has 0 spiro atoms. The first-order chi connectivity index (χ1) is 7.58. The Morgan fingerprint density at radius 3 is 1.38 bits per heavy atom. The Balaban J connectivity index is 2.59. The van der Waals surface area contributed by atoms with Crippen LogP contribution >= 0.6 is 23.2 Å². The van der Waals surface area contributed by atoms with Crippen molar-refractivity contribution in [3.05, 3.63) is 46.4 Å². The number of phenols is 2. The van der Waals surface area contributed by atoms with Crippen LogP contribution in [0.1, 0.15) is 0 Å². The maximum Gasteiger partial charge on any atom is 0.125 e. The molecule has 0 saturated heterocycles. The minimum absolute atomic E-state index is 0.0186. The summed E-state index contributed by atoms with van der Waals surface area (Å²) in [5.74, 6) is 0.0373. The van der Waals surface area contributed by atoms with Crippen molar-refractivity contribution in [2.45, 2.75) is 0 Å². The Labute approximate surface area is 103 Å². The summed E-state index contributed by atoms with van der Waals surface area (Å²) in [6.45, 7) is 0. The zero-order valence-electron chi connectivity index (χ0n) is 8.11. The number of rotatable bonds is 1. The molecule has 0 radical (unpaired) electrons. The SMILES string of the molecule is Oc1cc(Cl)ccc1-c1ccc(Cl)cc1O. The van der Waals surface area contributed by atoms with E-state index in [2.05, 4.69) is 0 Å². The smallest absolute Gasteiger partial charge is 0.125 e. The first-order valence-electron chi connectivity index (χ1n) is 4.55. The van der Waals surface area contributed by atoms with E-state index in [0.717, 1.165) is 0 Å². The number of hydrogen-bond acceptors (Lipinski definition) is 2. The molecule has 0 aromatic heterocycles. The number of hydrogen-bond donors (Lipinski definition) is 2. The molecule has 0 aliphatic heterocycles. The molecule has 0 unspecified atom stereocenters. The first-order valence-corrected chi connectivity index (χ1v) is 5.31. The van der Waals surface area contributed by atoms with Gasteiger partial charge < -0.3 is 10.2 Å². The van der Waals surface area contributed by atoms with Gasteiger partial charge in [-0.3, -0.25) is 0 Å². The van der Waals surface area contributed by atoms with Gasteiger partial charge in [-0.1, -0.05) is 23.2 Å². The van der Waals surface area contributed by atoms with E-state index >= 15 is 0 Å². The fourth-order valence-electron chi connectivity index (χ4n) is 1.47. The van der Waals surface area contributed by atoms with Gasteiger partial charge in [0.25, 0.3) is 0 Å². The van der Waals surface area contributed by atoms with Crippen LogP contribution in [0.25, 0.3) is 11.1 Å². The summed E-state index contributed by atoms with van der Waals surface area (Å²) in [7, 11) is 0. The van der Waals surface area contributed by atoms with Crippen LogP contribution in [0, 0.1) is 0 Å². The monoisotopic (exact) mass is 254 g/mol. The molecule has 0 bridgehead atoms. The molecule has 0 aliphatic carbocycles. The molecule has 2 nitrogen and oxygen atoms in total. The van der Waals surface area contributed by atoms with E-state index in [1.807, 2.05) is 0 Å².